The Balaban J connectivity index is 1.44. The molecule has 4 rings (SSSR count). The van der Waals surface area contributed by atoms with Crippen molar-refractivity contribution >= 4 is 12.0 Å². The molecule has 0 aromatic heterocycles. The minimum Gasteiger partial charge on any atom is -0.504 e. The fourth-order valence-electron chi connectivity index (χ4n) is 4.45. The predicted molar refractivity (Wildman–Crippen MR) is 143 cm³/mol. The van der Waals surface area contributed by atoms with Crippen LogP contribution < -0.4 is 0 Å². The monoisotopic (exact) mass is 610 g/mol. The van der Waals surface area contributed by atoms with Gasteiger partial charge in [0.05, 0.1) is 26.4 Å². The number of phenols is 4. The Hall–Kier alpha value is -3.51. The van der Waals surface area contributed by atoms with E-state index in [2.05, 4.69) is 0 Å². The normalized spacial score (nSPS) is 31.0. The molecule has 8 atom stereocenters. The van der Waals surface area contributed by atoms with Gasteiger partial charge < -0.3 is 69.6 Å². The van der Waals surface area contributed by atoms with E-state index >= 15 is 0 Å². The first kappa shape index (κ1) is 32.4. The molecule has 2 aliphatic rings. The van der Waals surface area contributed by atoms with Crippen LogP contribution in [-0.4, -0.2) is 127 Å². The molecule has 8 unspecified atom stereocenters. The van der Waals surface area contributed by atoms with Crippen molar-refractivity contribution in [3.8, 4) is 23.0 Å². The third kappa shape index (κ3) is 7.72. The maximum atomic E-state index is 12.6. The second-order valence-corrected chi connectivity index (χ2v) is 10.2. The third-order valence-electron chi connectivity index (χ3n) is 7.02. The van der Waals surface area contributed by atoms with Gasteiger partial charge in [0, 0.05) is 6.08 Å². The molecule has 0 saturated carbocycles. The van der Waals surface area contributed by atoms with Crippen molar-refractivity contribution in [2.75, 3.05) is 26.4 Å². The molecule has 0 radical (unpaired) electrons. The molecule has 15 heteroatoms. The van der Waals surface area contributed by atoms with E-state index in [4.69, 9.17) is 23.7 Å². The van der Waals surface area contributed by atoms with Crippen LogP contribution >= 0.6 is 0 Å². The Morgan fingerprint density at radius 1 is 0.930 bits per heavy atom. The molecule has 2 saturated heterocycles. The molecule has 0 spiro atoms. The zero-order chi connectivity index (χ0) is 31.3. The van der Waals surface area contributed by atoms with Crippen LogP contribution in [0.4, 0.5) is 0 Å². The molecule has 43 heavy (non-hydrogen) atoms. The van der Waals surface area contributed by atoms with Gasteiger partial charge in [-0.15, -0.1) is 0 Å². The van der Waals surface area contributed by atoms with E-state index in [-0.39, 0.29) is 30.3 Å². The summed E-state index contributed by atoms with van der Waals surface area (Å²) in [4.78, 5) is 12.6. The molecule has 9 N–H and O–H groups in total. The number of phenolic OH excluding ortho intramolecular Hbond substituents is 4. The first-order valence-corrected chi connectivity index (χ1v) is 13.2. The summed E-state index contributed by atoms with van der Waals surface area (Å²) < 4.78 is 27.5. The number of aliphatic hydroxyl groups excluding tert-OH is 4. The lowest BCUT2D eigenvalue weighted by Gasteiger charge is -2.42. The minimum atomic E-state index is -1.97. The molecule has 0 aliphatic carbocycles. The molecule has 0 amide bonds. The molecular formula is C28H34O15. The number of carbonyl (C=O) groups excluding carboxylic acids is 1. The standard InChI is InChI=1S/C28H34O15/c29-12-28(38)13-41-27(25(28)37)40-11-20-24(43-21(34)6-3-14-1-4-16(30)18(32)9-14)22(35)23(36)26(42-20)39-8-7-15-2-5-17(31)19(33)10-15/h1-6,9-10,20,22-27,29-33,35-38H,7-8,11-13H2. The van der Waals surface area contributed by atoms with Crippen LogP contribution in [0.25, 0.3) is 6.08 Å². The zero-order valence-corrected chi connectivity index (χ0v) is 22.7. The topological polar surface area (TPSA) is 245 Å². The Morgan fingerprint density at radius 3 is 2.28 bits per heavy atom. The summed E-state index contributed by atoms with van der Waals surface area (Å²) >= 11 is 0. The van der Waals surface area contributed by atoms with Crippen LogP contribution in [0, 0.1) is 0 Å². The van der Waals surface area contributed by atoms with Crippen molar-refractivity contribution < 1.29 is 74.4 Å². The van der Waals surface area contributed by atoms with Gasteiger partial charge in [-0.2, -0.15) is 0 Å². The van der Waals surface area contributed by atoms with Crippen LogP contribution in [0.5, 0.6) is 23.0 Å². The van der Waals surface area contributed by atoms with Crippen molar-refractivity contribution in [3.05, 3.63) is 53.6 Å². The van der Waals surface area contributed by atoms with E-state index in [9.17, 15) is 50.8 Å². The van der Waals surface area contributed by atoms with Crippen LogP contribution in [0.1, 0.15) is 11.1 Å². The highest BCUT2D eigenvalue weighted by Gasteiger charge is 2.51. The molecule has 2 heterocycles. The number of rotatable bonds is 11. The van der Waals surface area contributed by atoms with E-state index in [1.165, 1.54) is 36.4 Å². The summed E-state index contributed by atoms with van der Waals surface area (Å²) in [5.41, 5.74) is -1.04. The van der Waals surface area contributed by atoms with E-state index in [0.717, 1.165) is 6.08 Å². The SMILES string of the molecule is O=C(C=Cc1ccc(O)c(O)c1)OC1C(COC2OCC(O)(CO)C2O)OC(OCCc2ccc(O)c(O)c2)C(O)C1O. The van der Waals surface area contributed by atoms with Crippen LogP contribution in [0.15, 0.2) is 42.5 Å². The Bertz CT molecular complexity index is 1280. The number of ether oxygens (including phenoxy) is 5. The Kier molecular flexibility index (Phi) is 10.4. The van der Waals surface area contributed by atoms with Crippen molar-refractivity contribution in [2.45, 2.75) is 55.1 Å². The van der Waals surface area contributed by atoms with Gasteiger partial charge in [0.2, 0.25) is 0 Å². The van der Waals surface area contributed by atoms with Gasteiger partial charge in [-0.3, -0.25) is 0 Å². The van der Waals surface area contributed by atoms with Crippen LogP contribution in [-0.2, 0) is 34.9 Å². The molecule has 236 valence electrons. The average Bonchev–Trinajstić information content (AvgIpc) is 3.27. The minimum absolute atomic E-state index is 0.0626. The van der Waals surface area contributed by atoms with Gasteiger partial charge in [-0.1, -0.05) is 12.1 Å². The summed E-state index contributed by atoms with van der Waals surface area (Å²) in [5.74, 6) is -2.37. The highest BCUT2D eigenvalue weighted by Crippen LogP contribution is 2.30. The summed E-state index contributed by atoms with van der Waals surface area (Å²) in [6.07, 6.45) is -8.30. The number of esters is 1. The lowest BCUT2D eigenvalue weighted by Crippen LogP contribution is -2.61. The number of hydrogen-bond acceptors (Lipinski definition) is 15. The highest BCUT2D eigenvalue weighted by molar-refractivity contribution is 5.87. The largest absolute Gasteiger partial charge is 0.504 e. The molecule has 2 aromatic rings. The third-order valence-corrected chi connectivity index (χ3v) is 7.02. The smallest absolute Gasteiger partial charge is 0.331 e. The van der Waals surface area contributed by atoms with Crippen LogP contribution in [0.3, 0.4) is 0 Å². The van der Waals surface area contributed by atoms with E-state index in [1.807, 2.05) is 0 Å². The molecular weight excluding hydrogens is 576 g/mol. The maximum absolute atomic E-state index is 12.6. The first-order chi connectivity index (χ1) is 20.4. The zero-order valence-electron chi connectivity index (χ0n) is 22.7. The van der Waals surface area contributed by atoms with Gasteiger partial charge >= 0.3 is 5.97 Å². The van der Waals surface area contributed by atoms with Crippen molar-refractivity contribution in [2.24, 2.45) is 0 Å². The van der Waals surface area contributed by atoms with Crippen molar-refractivity contribution in [1.29, 1.82) is 0 Å². The summed E-state index contributed by atoms with van der Waals surface area (Å²) in [6, 6.07) is 7.99. The summed E-state index contributed by atoms with van der Waals surface area (Å²) in [5, 5.41) is 89.7. The second-order valence-electron chi connectivity index (χ2n) is 10.2. The molecule has 15 nitrogen and oxygen atoms in total. The van der Waals surface area contributed by atoms with E-state index in [0.29, 0.717) is 11.1 Å². The quantitative estimate of drug-likeness (QED) is 0.0806. The van der Waals surface area contributed by atoms with Gasteiger partial charge in [0.25, 0.3) is 0 Å². The van der Waals surface area contributed by atoms with Gasteiger partial charge in [0.15, 0.2) is 41.7 Å². The number of carbonyl (C=O) groups is 1. The van der Waals surface area contributed by atoms with Gasteiger partial charge in [-0.05, 0) is 47.9 Å². The van der Waals surface area contributed by atoms with E-state index < -0.39 is 80.2 Å². The number of hydrogen-bond donors (Lipinski definition) is 9. The second kappa shape index (κ2) is 13.9. The molecule has 2 aliphatic heterocycles. The molecule has 2 fully saturated rings. The van der Waals surface area contributed by atoms with Gasteiger partial charge in [-0.25, -0.2) is 4.79 Å². The Morgan fingerprint density at radius 2 is 1.63 bits per heavy atom. The number of benzene rings is 2. The number of aliphatic hydroxyl groups is 5. The lowest BCUT2D eigenvalue weighted by atomic mass is 9.98. The molecule has 0 bridgehead atoms. The average molecular weight is 611 g/mol. The van der Waals surface area contributed by atoms with E-state index in [1.54, 1.807) is 6.07 Å². The van der Waals surface area contributed by atoms with Gasteiger partial charge in [0.1, 0.15) is 30.0 Å². The Labute approximate surface area is 245 Å². The predicted octanol–water partition coefficient (Wildman–Crippen LogP) is -1.40. The highest BCUT2D eigenvalue weighted by atomic mass is 16.7. The maximum Gasteiger partial charge on any atom is 0.331 e. The number of aromatic hydroxyl groups is 4. The molecule has 2 aromatic carbocycles. The van der Waals surface area contributed by atoms with Crippen LogP contribution in [0.2, 0.25) is 0 Å². The van der Waals surface area contributed by atoms with Crippen molar-refractivity contribution in [3.63, 3.8) is 0 Å². The van der Waals surface area contributed by atoms with Crippen molar-refractivity contribution in [1.82, 2.24) is 0 Å². The fourth-order valence-corrected chi connectivity index (χ4v) is 4.45. The lowest BCUT2D eigenvalue weighted by molar-refractivity contribution is -0.310. The summed E-state index contributed by atoms with van der Waals surface area (Å²) in [7, 11) is 0. The first-order valence-electron chi connectivity index (χ1n) is 13.2. The summed E-state index contributed by atoms with van der Waals surface area (Å²) in [6.45, 7) is -1.80. The fraction of sp³-hybridized carbons (Fsp3) is 0.464.